The molecular weight excluding hydrogens is 485 g/mol. The van der Waals surface area contributed by atoms with Gasteiger partial charge in [0, 0.05) is 70.2 Å². The van der Waals surface area contributed by atoms with Crippen LogP contribution in [0.3, 0.4) is 0 Å². The summed E-state index contributed by atoms with van der Waals surface area (Å²) in [7, 11) is 0. The zero-order valence-electron chi connectivity index (χ0n) is 20.6. The second kappa shape index (κ2) is 10.3. The molecule has 198 valence electrons. The Hall–Kier alpha value is -3.11. The Kier molecular flexibility index (Phi) is 7.13. The number of nitrogens with zero attached hydrogens (tertiary/aromatic N) is 4. The summed E-state index contributed by atoms with van der Waals surface area (Å²) in [5.41, 5.74) is 4.97. The maximum absolute atomic E-state index is 13.1. The Morgan fingerprint density at radius 1 is 0.892 bits per heavy atom. The van der Waals surface area contributed by atoms with E-state index in [2.05, 4.69) is 17.0 Å². The van der Waals surface area contributed by atoms with Gasteiger partial charge in [0.25, 0.3) is 5.91 Å². The number of carbonyl (C=O) groups excluding carboxylic acids is 2. The molecule has 1 saturated heterocycles. The molecule has 37 heavy (non-hydrogen) atoms. The van der Waals surface area contributed by atoms with E-state index in [9.17, 15) is 27.9 Å². The number of alkyl halides is 3. The molecule has 0 aromatic heterocycles. The van der Waals surface area contributed by atoms with Crippen molar-refractivity contribution in [2.75, 3.05) is 57.3 Å². The van der Waals surface area contributed by atoms with Gasteiger partial charge in [-0.1, -0.05) is 24.3 Å². The maximum Gasteiger partial charge on any atom is 0.471 e. The van der Waals surface area contributed by atoms with Crippen molar-refractivity contribution in [3.63, 3.8) is 0 Å². The molecule has 2 amide bonds. The lowest BCUT2D eigenvalue weighted by molar-refractivity contribution is -0.185. The number of halogens is 3. The molecule has 1 fully saturated rings. The third kappa shape index (κ3) is 5.60. The highest BCUT2D eigenvalue weighted by Gasteiger charge is 2.43. The van der Waals surface area contributed by atoms with E-state index in [0.29, 0.717) is 38.2 Å². The topological polar surface area (TPSA) is 67.3 Å². The molecule has 0 spiro atoms. The minimum atomic E-state index is -4.85. The quantitative estimate of drug-likeness (QED) is 0.661. The van der Waals surface area contributed by atoms with Crippen LogP contribution in [0.25, 0.3) is 0 Å². The lowest BCUT2D eigenvalue weighted by Gasteiger charge is -2.37. The fraction of sp³-hybridized carbons (Fsp3) is 0.481. The van der Waals surface area contributed by atoms with Crippen LogP contribution in [0.4, 0.5) is 18.9 Å². The largest absolute Gasteiger partial charge is 0.471 e. The highest BCUT2D eigenvalue weighted by molar-refractivity contribution is 5.97. The summed E-state index contributed by atoms with van der Waals surface area (Å²) in [5.74, 6) is -1.91. The first-order chi connectivity index (χ1) is 17.7. The predicted molar refractivity (Wildman–Crippen MR) is 132 cm³/mol. The van der Waals surface area contributed by atoms with E-state index >= 15 is 0 Å². The van der Waals surface area contributed by atoms with Crippen LogP contribution >= 0.6 is 0 Å². The minimum absolute atomic E-state index is 0.00261. The van der Waals surface area contributed by atoms with Crippen molar-refractivity contribution in [2.24, 2.45) is 0 Å². The number of fused-ring (bicyclic) bond motifs is 2. The minimum Gasteiger partial charge on any atom is -0.390 e. The number of benzene rings is 2. The second-order valence-corrected chi connectivity index (χ2v) is 10.0. The number of aliphatic hydroxyl groups is 1. The lowest BCUT2D eigenvalue weighted by Crippen LogP contribution is -2.52. The molecule has 2 aromatic carbocycles. The van der Waals surface area contributed by atoms with Crippen LogP contribution < -0.4 is 4.90 Å². The number of piperazine rings is 1. The van der Waals surface area contributed by atoms with Crippen LogP contribution in [0.1, 0.15) is 27.0 Å². The van der Waals surface area contributed by atoms with E-state index in [1.807, 2.05) is 29.2 Å². The number of anilines is 1. The summed E-state index contributed by atoms with van der Waals surface area (Å²) in [6, 6.07) is 13.8. The molecule has 0 radical (unpaired) electrons. The van der Waals surface area contributed by atoms with Crippen LogP contribution in [0.15, 0.2) is 42.5 Å². The van der Waals surface area contributed by atoms with Crippen molar-refractivity contribution in [3.05, 3.63) is 64.7 Å². The highest BCUT2D eigenvalue weighted by Crippen LogP contribution is 2.27. The van der Waals surface area contributed by atoms with Crippen LogP contribution in [0.2, 0.25) is 0 Å². The zero-order chi connectivity index (χ0) is 26.2. The van der Waals surface area contributed by atoms with Gasteiger partial charge in [-0.05, 0) is 47.7 Å². The first-order valence-electron chi connectivity index (χ1n) is 12.7. The van der Waals surface area contributed by atoms with Crippen molar-refractivity contribution in [1.29, 1.82) is 0 Å². The fourth-order valence-electron chi connectivity index (χ4n) is 5.56. The first-order valence-corrected chi connectivity index (χ1v) is 12.7. The molecule has 1 N–H and O–H groups in total. The SMILES string of the molecule is O=C1c2ccc(N3CCN(C(=O)C(F)(F)F)CC3)cc2CCN1C[C@H](O)CN1CCc2ccccc2C1. The monoisotopic (exact) mass is 516 g/mol. The van der Waals surface area contributed by atoms with Gasteiger partial charge in [-0.3, -0.25) is 14.5 Å². The van der Waals surface area contributed by atoms with Gasteiger partial charge in [-0.25, -0.2) is 0 Å². The van der Waals surface area contributed by atoms with Crippen LogP contribution in [-0.2, 0) is 24.2 Å². The number of β-amino-alcohol motifs (C(OH)–C–C–N with tert-alkyl or cyclic N) is 1. The average molecular weight is 517 g/mol. The Morgan fingerprint density at radius 2 is 1.59 bits per heavy atom. The van der Waals surface area contributed by atoms with Crippen LogP contribution in [0.5, 0.6) is 0 Å². The van der Waals surface area contributed by atoms with Gasteiger partial charge < -0.3 is 19.8 Å². The molecule has 3 aliphatic heterocycles. The Bertz CT molecular complexity index is 1160. The van der Waals surface area contributed by atoms with Gasteiger partial charge in [-0.2, -0.15) is 13.2 Å². The summed E-state index contributed by atoms with van der Waals surface area (Å²) in [6.45, 7) is 3.56. The zero-order valence-corrected chi connectivity index (χ0v) is 20.6. The van der Waals surface area contributed by atoms with Gasteiger partial charge in [0.1, 0.15) is 0 Å². The Labute approximate surface area is 214 Å². The molecule has 5 rings (SSSR count). The van der Waals surface area contributed by atoms with Gasteiger partial charge in [0.05, 0.1) is 6.10 Å². The molecule has 0 saturated carbocycles. The van der Waals surface area contributed by atoms with Gasteiger partial charge in [0.2, 0.25) is 0 Å². The molecule has 0 aliphatic carbocycles. The van der Waals surface area contributed by atoms with Crippen molar-refractivity contribution in [1.82, 2.24) is 14.7 Å². The summed E-state index contributed by atoms with van der Waals surface area (Å²) in [6.07, 6.45) is -3.90. The third-order valence-corrected chi connectivity index (χ3v) is 7.54. The number of amides is 2. The number of hydrogen-bond acceptors (Lipinski definition) is 5. The molecule has 10 heteroatoms. The van der Waals surface area contributed by atoms with Crippen LogP contribution in [0, 0.1) is 0 Å². The molecular formula is C27H31F3N4O3. The van der Waals surface area contributed by atoms with E-state index in [1.165, 1.54) is 11.1 Å². The molecule has 3 aliphatic rings. The van der Waals surface area contributed by atoms with Crippen molar-refractivity contribution >= 4 is 17.5 Å². The van der Waals surface area contributed by atoms with Gasteiger partial charge in [0.15, 0.2) is 0 Å². The van der Waals surface area contributed by atoms with Crippen molar-refractivity contribution in [3.8, 4) is 0 Å². The third-order valence-electron chi connectivity index (χ3n) is 7.54. The summed E-state index contributed by atoms with van der Waals surface area (Å²) in [5, 5.41) is 10.8. The summed E-state index contributed by atoms with van der Waals surface area (Å²) in [4.78, 5) is 31.3. The maximum atomic E-state index is 13.1. The van der Waals surface area contributed by atoms with E-state index in [4.69, 9.17) is 0 Å². The van der Waals surface area contributed by atoms with Crippen molar-refractivity contribution in [2.45, 2.75) is 31.7 Å². The molecule has 2 aromatic rings. The molecule has 1 atom stereocenters. The van der Waals surface area contributed by atoms with E-state index in [0.717, 1.165) is 35.7 Å². The number of rotatable bonds is 5. The summed E-state index contributed by atoms with van der Waals surface area (Å²) >= 11 is 0. The molecule has 7 nitrogen and oxygen atoms in total. The van der Waals surface area contributed by atoms with Crippen molar-refractivity contribution < 1.29 is 27.9 Å². The number of carbonyl (C=O) groups is 2. The number of aliphatic hydroxyl groups excluding tert-OH is 1. The van der Waals surface area contributed by atoms with Gasteiger partial charge >= 0.3 is 12.1 Å². The second-order valence-electron chi connectivity index (χ2n) is 10.0. The fourth-order valence-corrected chi connectivity index (χ4v) is 5.56. The normalized spacial score (nSPS) is 19.5. The Balaban J connectivity index is 1.16. The van der Waals surface area contributed by atoms with E-state index in [-0.39, 0.29) is 25.5 Å². The lowest BCUT2D eigenvalue weighted by atomic mass is 9.97. The smallest absolute Gasteiger partial charge is 0.390 e. The number of hydrogen-bond donors (Lipinski definition) is 1. The van der Waals surface area contributed by atoms with Gasteiger partial charge in [-0.15, -0.1) is 0 Å². The first kappa shape index (κ1) is 25.5. The highest BCUT2D eigenvalue weighted by atomic mass is 19.4. The molecule has 3 heterocycles. The average Bonchev–Trinajstić information content (AvgIpc) is 2.89. The molecule has 0 bridgehead atoms. The molecule has 0 unspecified atom stereocenters. The standard InChI is InChI=1S/C27H31F3N4O3/c28-27(29,30)26(37)33-13-11-32(12-14-33)22-5-6-24-20(15-22)8-10-34(25(24)36)18-23(35)17-31-9-7-19-3-1-2-4-21(19)16-31/h1-6,15,23,35H,7-14,16-18H2/t23-/m1/s1. The van der Waals surface area contributed by atoms with E-state index < -0.39 is 18.2 Å². The Morgan fingerprint density at radius 3 is 2.32 bits per heavy atom. The van der Waals surface area contributed by atoms with E-state index in [1.54, 1.807) is 11.0 Å². The van der Waals surface area contributed by atoms with Crippen LogP contribution in [-0.4, -0.2) is 96.3 Å². The predicted octanol–water partition coefficient (Wildman–Crippen LogP) is 2.31. The summed E-state index contributed by atoms with van der Waals surface area (Å²) < 4.78 is 38.1.